The van der Waals surface area contributed by atoms with Crippen LogP contribution in [-0.2, 0) is 0 Å². The summed E-state index contributed by atoms with van der Waals surface area (Å²) in [5.74, 6) is 0.548. The lowest BCUT2D eigenvalue weighted by atomic mass is 9.85. The van der Waals surface area contributed by atoms with Crippen molar-refractivity contribution >= 4 is 27.5 Å². The molecule has 1 aromatic rings. The van der Waals surface area contributed by atoms with E-state index < -0.39 is 0 Å². The quantitative estimate of drug-likeness (QED) is 0.816. The van der Waals surface area contributed by atoms with Crippen LogP contribution in [0.25, 0.3) is 0 Å². The Kier molecular flexibility index (Phi) is 4.50. The monoisotopic (exact) mass is 324 g/mol. The molecule has 1 aliphatic carbocycles. The average molecular weight is 325 g/mol. The standard InChI is InChI=1S/C15H21BrN2O/c1-9-5-3-4-6-14(9)18-15(19)12-7-11(16)8-13(17)10(12)2/h7-9,14H,3-6,17H2,1-2H3,(H,18,19). The number of amides is 1. The van der Waals surface area contributed by atoms with Crippen molar-refractivity contribution in [2.45, 2.75) is 45.6 Å². The van der Waals surface area contributed by atoms with E-state index in [-0.39, 0.29) is 5.91 Å². The Hall–Kier alpha value is -1.03. The number of carbonyl (C=O) groups is 1. The van der Waals surface area contributed by atoms with E-state index in [2.05, 4.69) is 28.2 Å². The van der Waals surface area contributed by atoms with Gasteiger partial charge in [0.05, 0.1) is 0 Å². The highest BCUT2D eigenvalue weighted by Crippen LogP contribution is 2.26. The Morgan fingerprint density at radius 1 is 1.37 bits per heavy atom. The topological polar surface area (TPSA) is 55.1 Å². The summed E-state index contributed by atoms with van der Waals surface area (Å²) in [5, 5.41) is 3.16. The molecule has 0 radical (unpaired) electrons. The number of hydrogen-bond acceptors (Lipinski definition) is 2. The average Bonchev–Trinajstić information content (AvgIpc) is 2.36. The highest BCUT2D eigenvalue weighted by atomic mass is 79.9. The molecular formula is C15H21BrN2O. The molecule has 0 saturated heterocycles. The lowest BCUT2D eigenvalue weighted by Gasteiger charge is -2.29. The van der Waals surface area contributed by atoms with Crippen molar-refractivity contribution in [2.24, 2.45) is 5.92 Å². The number of nitrogens with two attached hydrogens (primary N) is 1. The first-order valence-corrected chi connectivity index (χ1v) is 7.65. The van der Waals surface area contributed by atoms with E-state index in [9.17, 15) is 4.79 Å². The van der Waals surface area contributed by atoms with Gasteiger partial charge in [0.2, 0.25) is 0 Å². The zero-order valence-corrected chi connectivity index (χ0v) is 13.1. The number of rotatable bonds is 2. The first kappa shape index (κ1) is 14.4. The minimum absolute atomic E-state index is 0.00995. The predicted molar refractivity (Wildman–Crippen MR) is 82.2 cm³/mol. The van der Waals surface area contributed by atoms with Crippen LogP contribution in [0.3, 0.4) is 0 Å². The van der Waals surface area contributed by atoms with Crippen LogP contribution in [0.1, 0.15) is 48.5 Å². The van der Waals surface area contributed by atoms with E-state index in [1.54, 1.807) is 0 Å². The fraction of sp³-hybridized carbons (Fsp3) is 0.533. The molecule has 0 aromatic heterocycles. The van der Waals surface area contributed by atoms with Gasteiger partial charge in [0.15, 0.2) is 0 Å². The van der Waals surface area contributed by atoms with Crippen LogP contribution >= 0.6 is 15.9 Å². The van der Waals surface area contributed by atoms with Gasteiger partial charge in [-0.05, 0) is 43.4 Å². The van der Waals surface area contributed by atoms with Gasteiger partial charge < -0.3 is 11.1 Å². The fourth-order valence-corrected chi connectivity index (χ4v) is 3.19. The second kappa shape index (κ2) is 5.95. The van der Waals surface area contributed by atoms with E-state index >= 15 is 0 Å². The molecule has 1 fully saturated rings. The molecule has 104 valence electrons. The zero-order valence-electron chi connectivity index (χ0n) is 11.5. The Morgan fingerprint density at radius 2 is 2.05 bits per heavy atom. The van der Waals surface area contributed by atoms with E-state index in [0.29, 0.717) is 23.2 Å². The number of hydrogen-bond donors (Lipinski definition) is 2. The van der Waals surface area contributed by atoms with Gasteiger partial charge in [-0.2, -0.15) is 0 Å². The minimum Gasteiger partial charge on any atom is -0.398 e. The fourth-order valence-electron chi connectivity index (χ4n) is 2.71. The largest absolute Gasteiger partial charge is 0.398 e. The van der Waals surface area contributed by atoms with Gasteiger partial charge in [-0.25, -0.2) is 0 Å². The molecule has 19 heavy (non-hydrogen) atoms. The molecule has 2 unspecified atom stereocenters. The maximum atomic E-state index is 12.4. The third-order valence-corrected chi connectivity index (χ3v) is 4.54. The van der Waals surface area contributed by atoms with Crippen LogP contribution in [0, 0.1) is 12.8 Å². The molecule has 0 spiro atoms. The molecule has 2 atom stereocenters. The molecule has 0 aliphatic heterocycles. The molecule has 1 aromatic carbocycles. The van der Waals surface area contributed by atoms with Crippen molar-refractivity contribution in [1.29, 1.82) is 0 Å². The molecule has 1 amide bonds. The Labute approximate surface area is 123 Å². The van der Waals surface area contributed by atoms with Crippen molar-refractivity contribution in [3.05, 3.63) is 27.7 Å². The van der Waals surface area contributed by atoms with E-state index in [1.807, 2.05) is 19.1 Å². The minimum atomic E-state index is -0.00995. The summed E-state index contributed by atoms with van der Waals surface area (Å²) in [6, 6.07) is 3.96. The van der Waals surface area contributed by atoms with Gasteiger partial charge in [0, 0.05) is 21.8 Å². The third kappa shape index (κ3) is 3.30. The highest BCUT2D eigenvalue weighted by Gasteiger charge is 2.24. The number of carbonyl (C=O) groups excluding carboxylic acids is 1. The Morgan fingerprint density at radius 3 is 2.74 bits per heavy atom. The number of nitrogens with one attached hydrogen (secondary N) is 1. The maximum absolute atomic E-state index is 12.4. The summed E-state index contributed by atoms with van der Waals surface area (Å²) < 4.78 is 0.845. The number of anilines is 1. The maximum Gasteiger partial charge on any atom is 0.251 e. The molecule has 0 bridgehead atoms. The van der Waals surface area contributed by atoms with Crippen molar-refractivity contribution in [1.82, 2.24) is 5.32 Å². The molecule has 1 saturated carbocycles. The summed E-state index contributed by atoms with van der Waals surface area (Å²) in [7, 11) is 0. The van der Waals surface area contributed by atoms with Crippen molar-refractivity contribution in [3.63, 3.8) is 0 Å². The molecule has 3 nitrogen and oxygen atoms in total. The molecule has 2 rings (SSSR count). The zero-order chi connectivity index (χ0) is 14.0. The second-order valence-electron chi connectivity index (χ2n) is 5.51. The number of nitrogen functional groups attached to an aromatic ring is 1. The predicted octanol–water partition coefficient (Wildman–Crippen LogP) is 3.65. The first-order chi connectivity index (χ1) is 8.99. The number of benzene rings is 1. The molecular weight excluding hydrogens is 304 g/mol. The van der Waals surface area contributed by atoms with Crippen LogP contribution in [0.5, 0.6) is 0 Å². The van der Waals surface area contributed by atoms with Gasteiger partial charge in [-0.3, -0.25) is 4.79 Å². The van der Waals surface area contributed by atoms with Crippen LogP contribution < -0.4 is 11.1 Å². The van der Waals surface area contributed by atoms with Crippen molar-refractivity contribution in [2.75, 3.05) is 5.73 Å². The molecule has 1 aliphatic rings. The highest BCUT2D eigenvalue weighted by molar-refractivity contribution is 9.10. The first-order valence-electron chi connectivity index (χ1n) is 6.85. The third-order valence-electron chi connectivity index (χ3n) is 4.09. The van der Waals surface area contributed by atoms with E-state index in [1.165, 1.54) is 19.3 Å². The van der Waals surface area contributed by atoms with Gasteiger partial charge >= 0.3 is 0 Å². The van der Waals surface area contributed by atoms with Gasteiger partial charge in [-0.15, -0.1) is 0 Å². The summed E-state index contributed by atoms with van der Waals surface area (Å²) in [4.78, 5) is 12.4. The normalized spacial score (nSPS) is 23.1. The SMILES string of the molecule is Cc1c(N)cc(Br)cc1C(=O)NC1CCCCC1C. The van der Waals surface area contributed by atoms with Crippen LogP contribution in [0.15, 0.2) is 16.6 Å². The van der Waals surface area contributed by atoms with E-state index in [0.717, 1.165) is 16.5 Å². The summed E-state index contributed by atoms with van der Waals surface area (Å²) in [6.45, 7) is 4.10. The lowest BCUT2D eigenvalue weighted by Crippen LogP contribution is -2.41. The number of halogens is 1. The Balaban J connectivity index is 2.15. The summed E-state index contributed by atoms with van der Waals surface area (Å²) in [6.07, 6.45) is 4.76. The summed E-state index contributed by atoms with van der Waals surface area (Å²) in [5.41, 5.74) is 8.08. The van der Waals surface area contributed by atoms with Gasteiger partial charge in [0.25, 0.3) is 5.91 Å². The van der Waals surface area contributed by atoms with Crippen LogP contribution in [0.4, 0.5) is 5.69 Å². The van der Waals surface area contributed by atoms with Crippen LogP contribution in [-0.4, -0.2) is 11.9 Å². The summed E-state index contributed by atoms with van der Waals surface area (Å²) >= 11 is 3.39. The molecule has 4 heteroatoms. The smallest absolute Gasteiger partial charge is 0.251 e. The molecule has 3 N–H and O–H groups in total. The van der Waals surface area contributed by atoms with Crippen molar-refractivity contribution in [3.8, 4) is 0 Å². The van der Waals surface area contributed by atoms with Gasteiger partial charge in [-0.1, -0.05) is 35.7 Å². The Bertz CT molecular complexity index is 487. The lowest BCUT2D eigenvalue weighted by molar-refractivity contribution is 0.0909. The second-order valence-corrected chi connectivity index (χ2v) is 6.42. The van der Waals surface area contributed by atoms with E-state index in [4.69, 9.17) is 5.73 Å². The van der Waals surface area contributed by atoms with Crippen molar-refractivity contribution < 1.29 is 4.79 Å². The molecule has 0 heterocycles. The van der Waals surface area contributed by atoms with Gasteiger partial charge in [0.1, 0.15) is 0 Å². The van der Waals surface area contributed by atoms with Crippen LogP contribution in [0.2, 0.25) is 0 Å².